The van der Waals surface area contributed by atoms with Crippen molar-refractivity contribution in [1.29, 1.82) is 5.26 Å². The van der Waals surface area contributed by atoms with Gasteiger partial charge in [0.25, 0.3) is 11.8 Å². The monoisotopic (exact) mass is 560 g/mol. The Morgan fingerprint density at radius 2 is 1.87 bits per heavy atom. The van der Waals surface area contributed by atoms with Gasteiger partial charge in [-0.25, -0.2) is 9.37 Å². The molecule has 1 spiro atoms. The van der Waals surface area contributed by atoms with E-state index in [1.54, 1.807) is 0 Å². The molecule has 3 fully saturated rings. The van der Waals surface area contributed by atoms with Gasteiger partial charge in [-0.15, -0.1) is 0 Å². The Hall–Kier alpha value is -3.63. The van der Waals surface area contributed by atoms with Crippen LogP contribution >= 0.6 is 12.2 Å². The number of thiocarbonyl (C=S) groups is 1. The molecule has 2 aliphatic heterocycles. The van der Waals surface area contributed by atoms with E-state index in [0.717, 1.165) is 43.1 Å². The van der Waals surface area contributed by atoms with Crippen LogP contribution < -0.4 is 15.1 Å². The topological polar surface area (TPSA) is 92.6 Å². The van der Waals surface area contributed by atoms with E-state index >= 15 is 4.39 Å². The molecule has 39 heavy (non-hydrogen) atoms. The molecule has 2 aromatic rings. The van der Waals surface area contributed by atoms with Crippen molar-refractivity contribution in [2.75, 3.05) is 36.0 Å². The van der Waals surface area contributed by atoms with Gasteiger partial charge in [-0.05, 0) is 81.7 Å². The summed E-state index contributed by atoms with van der Waals surface area (Å²) >= 11 is 5.54. The summed E-state index contributed by atoms with van der Waals surface area (Å²) in [6, 6.07) is 5.97. The summed E-state index contributed by atoms with van der Waals surface area (Å²) in [6.07, 6.45) is -0.260. The Bertz CT molecular complexity index is 1380. The van der Waals surface area contributed by atoms with Gasteiger partial charge in [0, 0.05) is 18.8 Å². The van der Waals surface area contributed by atoms with Gasteiger partial charge in [0.05, 0.1) is 23.0 Å². The largest absolute Gasteiger partial charge is 0.419 e. The number of hydrogen-bond acceptors (Lipinski definition) is 6. The van der Waals surface area contributed by atoms with Crippen molar-refractivity contribution in [3.05, 3.63) is 53.1 Å². The number of pyridine rings is 1. The highest BCUT2D eigenvalue weighted by atomic mass is 32.1. The first-order valence-corrected chi connectivity index (χ1v) is 12.9. The third-order valence-electron chi connectivity index (χ3n) is 7.50. The van der Waals surface area contributed by atoms with Crippen molar-refractivity contribution in [2.45, 2.75) is 43.8 Å². The van der Waals surface area contributed by atoms with E-state index in [4.69, 9.17) is 17.5 Å². The molecule has 1 N–H and O–H groups in total. The summed E-state index contributed by atoms with van der Waals surface area (Å²) in [7, 11) is 0. The van der Waals surface area contributed by atoms with Crippen molar-refractivity contribution in [3.63, 3.8) is 0 Å². The molecule has 0 atom stereocenters. The summed E-state index contributed by atoms with van der Waals surface area (Å²) in [6.45, 7) is 3.00. The zero-order valence-electron chi connectivity index (χ0n) is 20.7. The van der Waals surface area contributed by atoms with Gasteiger partial charge < -0.3 is 15.1 Å². The van der Waals surface area contributed by atoms with Gasteiger partial charge in [-0.3, -0.25) is 14.5 Å². The lowest BCUT2D eigenvalue weighted by Crippen LogP contribution is -2.55. The summed E-state index contributed by atoms with van der Waals surface area (Å²) in [5.74, 6) is -1.93. The molecular formula is C26H24F4N6O2S. The predicted molar refractivity (Wildman–Crippen MR) is 138 cm³/mol. The number of alkyl halides is 3. The number of carbonyl (C=O) groups is 2. The van der Waals surface area contributed by atoms with Gasteiger partial charge in [-0.1, -0.05) is 0 Å². The van der Waals surface area contributed by atoms with Gasteiger partial charge in [0.2, 0.25) is 0 Å². The first-order valence-electron chi connectivity index (χ1n) is 12.5. The number of nitrogens with zero attached hydrogens (tertiary/aromatic N) is 5. The molecular weight excluding hydrogens is 536 g/mol. The maximum absolute atomic E-state index is 15.2. The number of aromatic nitrogens is 1. The number of benzene rings is 1. The summed E-state index contributed by atoms with van der Waals surface area (Å²) in [5, 5.41) is 11.6. The highest BCUT2D eigenvalue weighted by Gasteiger charge is 2.60. The van der Waals surface area contributed by atoms with Crippen LogP contribution in [0.4, 0.5) is 28.9 Å². The molecule has 0 bridgehead atoms. The van der Waals surface area contributed by atoms with E-state index in [1.165, 1.54) is 23.1 Å². The smallest absolute Gasteiger partial charge is 0.351 e. The minimum atomic E-state index is -4.87. The first-order chi connectivity index (χ1) is 18.6. The number of nitrogens with one attached hydrogen (secondary N) is 1. The molecule has 3 heterocycles. The Morgan fingerprint density at radius 3 is 2.46 bits per heavy atom. The van der Waals surface area contributed by atoms with Crippen LogP contribution in [0.5, 0.6) is 0 Å². The quantitative estimate of drug-likeness (QED) is 0.422. The van der Waals surface area contributed by atoms with Gasteiger partial charge >= 0.3 is 6.18 Å². The number of hydrogen-bond donors (Lipinski definition) is 1. The zero-order valence-corrected chi connectivity index (χ0v) is 21.5. The molecule has 0 unspecified atom stereocenters. The standard InChI is InChI=1S/C26H24F4N6O2S/c27-20-13-16(4-5-18(20)22(37)32-8-11-34-9-1-2-10-34)36-24(39)35(23(38)25(36)6-3-7-25)17-12-19(26(28,29)30)21(14-31)33-15-17/h4-5,12-13,15H,1-3,6-11H2,(H,32,37). The lowest BCUT2D eigenvalue weighted by Gasteiger charge is -2.43. The Labute approximate surface area is 227 Å². The molecule has 204 valence electrons. The van der Waals surface area contributed by atoms with E-state index in [0.29, 0.717) is 38.4 Å². The molecule has 2 saturated heterocycles. The summed E-state index contributed by atoms with van der Waals surface area (Å²) in [5.41, 5.74) is -3.49. The molecule has 5 rings (SSSR count). The van der Waals surface area contributed by atoms with Crippen LogP contribution in [0.1, 0.15) is 53.7 Å². The average molecular weight is 561 g/mol. The second-order valence-corrected chi connectivity index (χ2v) is 10.2. The van der Waals surface area contributed by atoms with Crippen LogP contribution in [0, 0.1) is 17.1 Å². The molecule has 1 aromatic carbocycles. The van der Waals surface area contributed by atoms with Crippen LogP contribution in [0.3, 0.4) is 0 Å². The van der Waals surface area contributed by atoms with Gasteiger partial charge in [0.1, 0.15) is 17.4 Å². The van der Waals surface area contributed by atoms with Crippen molar-refractivity contribution in [1.82, 2.24) is 15.2 Å². The molecule has 8 nitrogen and oxygen atoms in total. The molecule has 0 radical (unpaired) electrons. The fourth-order valence-corrected chi connectivity index (χ4v) is 5.81. The number of rotatable bonds is 6. The number of halogens is 4. The van der Waals surface area contributed by atoms with E-state index in [-0.39, 0.29) is 22.1 Å². The maximum atomic E-state index is 15.2. The Balaban J connectivity index is 1.41. The SMILES string of the molecule is N#Cc1ncc(N2C(=O)C3(CCC3)N(c3ccc(C(=O)NCCN4CCCC4)c(F)c3)C2=S)cc1C(F)(F)F. The third kappa shape index (κ3) is 4.72. The highest BCUT2D eigenvalue weighted by Crippen LogP contribution is 2.48. The molecule has 1 aliphatic carbocycles. The lowest BCUT2D eigenvalue weighted by molar-refractivity contribution is -0.138. The van der Waals surface area contributed by atoms with E-state index in [1.807, 2.05) is 0 Å². The number of carbonyl (C=O) groups excluding carboxylic acids is 2. The molecule has 1 saturated carbocycles. The fourth-order valence-electron chi connectivity index (χ4n) is 5.35. The minimum absolute atomic E-state index is 0.137. The second kappa shape index (κ2) is 10.2. The first kappa shape index (κ1) is 27.0. The van der Waals surface area contributed by atoms with Crippen molar-refractivity contribution >= 4 is 40.5 Å². The molecule has 1 aromatic heterocycles. The van der Waals surface area contributed by atoms with Crippen LogP contribution in [0.25, 0.3) is 0 Å². The predicted octanol–water partition coefficient (Wildman–Crippen LogP) is 4.00. The van der Waals surface area contributed by atoms with E-state index in [9.17, 15) is 22.8 Å². The van der Waals surface area contributed by atoms with Crippen LogP contribution in [0.2, 0.25) is 0 Å². The molecule has 2 amide bonds. The minimum Gasteiger partial charge on any atom is -0.351 e. The van der Waals surface area contributed by atoms with Crippen molar-refractivity contribution < 1.29 is 27.2 Å². The van der Waals surface area contributed by atoms with Crippen LogP contribution in [-0.4, -0.2) is 58.5 Å². The normalized spacial score (nSPS) is 18.9. The van der Waals surface area contributed by atoms with Crippen molar-refractivity contribution in [2.24, 2.45) is 0 Å². The van der Waals surface area contributed by atoms with Crippen molar-refractivity contribution in [3.8, 4) is 6.07 Å². The number of likely N-dealkylation sites (tertiary alicyclic amines) is 1. The maximum Gasteiger partial charge on any atom is 0.419 e. The second-order valence-electron chi connectivity index (χ2n) is 9.81. The lowest BCUT2D eigenvalue weighted by atomic mass is 9.75. The van der Waals surface area contributed by atoms with Crippen LogP contribution in [0.15, 0.2) is 30.5 Å². The summed E-state index contributed by atoms with van der Waals surface area (Å²) < 4.78 is 55.8. The van der Waals surface area contributed by atoms with Gasteiger partial charge in [0.15, 0.2) is 10.8 Å². The van der Waals surface area contributed by atoms with Gasteiger partial charge in [-0.2, -0.15) is 18.4 Å². The molecule has 13 heteroatoms. The highest BCUT2D eigenvalue weighted by molar-refractivity contribution is 7.81. The molecule has 3 aliphatic rings. The fraction of sp³-hybridized carbons (Fsp3) is 0.423. The Morgan fingerprint density at radius 1 is 1.15 bits per heavy atom. The van der Waals surface area contributed by atoms with E-state index < -0.39 is 40.6 Å². The number of amides is 2. The third-order valence-corrected chi connectivity index (χ3v) is 7.87. The zero-order chi connectivity index (χ0) is 27.9. The summed E-state index contributed by atoms with van der Waals surface area (Å²) in [4.78, 5) is 34.4. The number of nitriles is 1. The Kier molecular flexibility index (Phi) is 7.02. The van der Waals surface area contributed by atoms with E-state index in [2.05, 4.69) is 15.2 Å². The van der Waals surface area contributed by atoms with Crippen LogP contribution in [-0.2, 0) is 11.0 Å². The average Bonchev–Trinajstić information content (AvgIpc) is 3.46. The number of anilines is 2.